The van der Waals surface area contributed by atoms with E-state index in [-0.39, 0.29) is 0 Å². The minimum atomic E-state index is 0.704. The molecule has 0 unspecified atom stereocenters. The Hall–Kier alpha value is -2.06. The van der Waals surface area contributed by atoms with Gasteiger partial charge in [-0.2, -0.15) is 4.98 Å². The van der Waals surface area contributed by atoms with E-state index in [1.807, 2.05) is 46.0 Å². The van der Waals surface area contributed by atoms with Crippen molar-refractivity contribution in [2.75, 3.05) is 23.9 Å². The lowest BCUT2D eigenvalue weighted by Crippen LogP contribution is -2.23. The molecule has 0 saturated carbocycles. The monoisotopic (exact) mass is 374 g/mol. The van der Waals surface area contributed by atoms with Crippen molar-refractivity contribution in [3.05, 3.63) is 43.9 Å². The Morgan fingerprint density at radius 3 is 1.92 bits per heavy atom. The quantitative estimate of drug-likeness (QED) is 0.657. The highest BCUT2D eigenvalue weighted by molar-refractivity contribution is 7.09. The van der Waals surface area contributed by atoms with E-state index in [9.17, 15) is 0 Å². The van der Waals surface area contributed by atoms with E-state index in [0.717, 1.165) is 39.3 Å². The fraction of sp³-hybridized carbons (Fsp3) is 0.412. The maximum atomic E-state index is 4.77. The molecule has 25 heavy (non-hydrogen) atoms. The number of thiazole rings is 2. The van der Waals surface area contributed by atoms with Gasteiger partial charge in [0.2, 0.25) is 5.95 Å². The molecule has 132 valence electrons. The number of hydrogen-bond donors (Lipinski definition) is 0. The van der Waals surface area contributed by atoms with Crippen molar-refractivity contribution in [2.45, 2.75) is 33.9 Å². The maximum absolute atomic E-state index is 4.77. The Kier molecular flexibility index (Phi) is 5.29. The van der Waals surface area contributed by atoms with Crippen LogP contribution < -0.4 is 9.80 Å². The minimum Gasteiger partial charge on any atom is -0.353 e. The average Bonchev–Trinajstić information content (AvgIpc) is 3.15. The molecule has 0 bridgehead atoms. The Bertz CT molecular complexity index is 856. The van der Waals surface area contributed by atoms with Crippen LogP contribution in [-0.4, -0.2) is 34.0 Å². The Balaban J connectivity index is 1.77. The zero-order valence-electron chi connectivity index (χ0n) is 15.1. The average molecular weight is 375 g/mol. The van der Waals surface area contributed by atoms with Crippen LogP contribution in [0, 0.1) is 20.8 Å². The van der Waals surface area contributed by atoms with Crippen molar-refractivity contribution in [3.63, 3.8) is 0 Å². The zero-order valence-corrected chi connectivity index (χ0v) is 16.8. The molecule has 3 aromatic heterocycles. The molecule has 8 heteroatoms. The fourth-order valence-electron chi connectivity index (χ4n) is 2.50. The summed E-state index contributed by atoms with van der Waals surface area (Å²) in [6.07, 6.45) is 1.88. The van der Waals surface area contributed by atoms with Crippen LogP contribution in [0.3, 0.4) is 0 Å². The van der Waals surface area contributed by atoms with Crippen LogP contribution in [-0.2, 0) is 13.1 Å². The first-order chi connectivity index (χ1) is 11.9. The van der Waals surface area contributed by atoms with E-state index < -0.39 is 0 Å². The van der Waals surface area contributed by atoms with Crippen molar-refractivity contribution < 1.29 is 0 Å². The van der Waals surface area contributed by atoms with Crippen LogP contribution in [0.25, 0.3) is 0 Å². The van der Waals surface area contributed by atoms with E-state index in [0.29, 0.717) is 12.5 Å². The topological polar surface area (TPSA) is 58.0 Å². The zero-order chi connectivity index (χ0) is 18.0. The maximum Gasteiger partial charge on any atom is 0.227 e. The smallest absolute Gasteiger partial charge is 0.227 e. The molecule has 0 saturated heterocycles. The van der Waals surface area contributed by atoms with Crippen molar-refractivity contribution >= 4 is 34.4 Å². The summed E-state index contributed by atoms with van der Waals surface area (Å²) in [5.74, 6) is 1.63. The van der Waals surface area contributed by atoms with Gasteiger partial charge >= 0.3 is 0 Å². The standard InChI is InChI=1S/C17H22N6S2/c1-11-6-18-17(23(5)8-15-20-13(3)10-25-15)21-16(11)22(4)7-14-19-12(2)9-24-14/h6,9-10H,7-8H2,1-5H3. The van der Waals surface area contributed by atoms with Crippen molar-refractivity contribution in [1.82, 2.24) is 19.9 Å². The molecule has 0 aliphatic heterocycles. The predicted octanol–water partition coefficient (Wildman–Crippen LogP) is 3.59. The van der Waals surface area contributed by atoms with Gasteiger partial charge in [0.05, 0.1) is 13.1 Å². The summed E-state index contributed by atoms with van der Waals surface area (Å²) in [6, 6.07) is 0. The number of aromatic nitrogens is 4. The van der Waals surface area contributed by atoms with Gasteiger partial charge in [-0.3, -0.25) is 0 Å². The highest BCUT2D eigenvalue weighted by Crippen LogP contribution is 2.22. The Morgan fingerprint density at radius 1 is 0.840 bits per heavy atom. The third-order valence-corrected chi connectivity index (χ3v) is 5.62. The lowest BCUT2D eigenvalue weighted by molar-refractivity contribution is 0.827. The molecule has 0 N–H and O–H groups in total. The summed E-state index contributed by atoms with van der Waals surface area (Å²) in [6.45, 7) is 7.51. The molecule has 0 aromatic carbocycles. The van der Waals surface area contributed by atoms with Gasteiger partial charge in [0, 0.05) is 48.0 Å². The number of hydrogen-bond acceptors (Lipinski definition) is 8. The second-order valence-corrected chi connectivity index (χ2v) is 8.04. The lowest BCUT2D eigenvalue weighted by atomic mass is 10.3. The predicted molar refractivity (Wildman–Crippen MR) is 105 cm³/mol. The van der Waals surface area contributed by atoms with Gasteiger partial charge in [-0.25, -0.2) is 15.0 Å². The molecule has 0 atom stereocenters. The van der Waals surface area contributed by atoms with E-state index in [4.69, 9.17) is 4.98 Å². The number of aryl methyl sites for hydroxylation is 3. The van der Waals surface area contributed by atoms with Crippen LogP contribution >= 0.6 is 22.7 Å². The van der Waals surface area contributed by atoms with E-state index in [1.165, 1.54) is 0 Å². The molecule has 0 aliphatic rings. The van der Waals surface area contributed by atoms with Crippen molar-refractivity contribution in [1.29, 1.82) is 0 Å². The summed E-state index contributed by atoms with van der Waals surface area (Å²) in [7, 11) is 4.04. The van der Waals surface area contributed by atoms with Gasteiger partial charge in [-0.15, -0.1) is 22.7 Å². The van der Waals surface area contributed by atoms with Crippen LogP contribution in [0.15, 0.2) is 17.0 Å². The first-order valence-corrected chi connectivity index (χ1v) is 9.76. The molecule has 3 rings (SSSR count). The highest BCUT2D eigenvalue weighted by Gasteiger charge is 2.14. The van der Waals surface area contributed by atoms with E-state index >= 15 is 0 Å². The van der Waals surface area contributed by atoms with Crippen LogP contribution in [0.2, 0.25) is 0 Å². The summed E-state index contributed by atoms with van der Waals surface area (Å²) >= 11 is 3.34. The Morgan fingerprint density at radius 2 is 1.40 bits per heavy atom. The first-order valence-electron chi connectivity index (χ1n) is 8.00. The fourth-order valence-corrected chi connectivity index (χ4v) is 4.14. The van der Waals surface area contributed by atoms with Crippen molar-refractivity contribution in [2.24, 2.45) is 0 Å². The molecule has 3 heterocycles. The number of anilines is 2. The minimum absolute atomic E-state index is 0.704. The molecular weight excluding hydrogens is 352 g/mol. The molecule has 6 nitrogen and oxygen atoms in total. The summed E-state index contributed by atoms with van der Waals surface area (Å²) < 4.78 is 0. The normalized spacial score (nSPS) is 10.9. The van der Waals surface area contributed by atoms with Gasteiger partial charge in [0.25, 0.3) is 0 Å². The number of rotatable bonds is 6. The summed E-state index contributed by atoms with van der Waals surface area (Å²) in [5, 5.41) is 6.29. The molecule has 0 fully saturated rings. The second kappa shape index (κ2) is 7.45. The third kappa shape index (κ3) is 4.32. The van der Waals surface area contributed by atoms with Gasteiger partial charge in [0.15, 0.2) is 0 Å². The van der Waals surface area contributed by atoms with Crippen LogP contribution in [0.1, 0.15) is 27.0 Å². The van der Waals surface area contributed by atoms with E-state index in [2.05, 4.69) is 30.6 Å². The molecular formula is C17H22N6S2. The summed E-state index contributed by atoms with van der Waals surface area (Å²) in [4.78, 5) is 22.5. The van der Waals surface area contributed by atoms with Gasteiger partial charge in [0.1, 0.15) is 15.8 Å². The number of nitrogens with zero attached hydrogens (tertiary/aromatic N) is 6. The molecule has 0 aliphatic carbocycles. The second-order valence-electron chi connectivity index (χ2n) is 6.15. The highest BCUT2D eigenvalue weighted by atomic mass is 32.1. The van der Waals surface area contributed by atoms with Crippen molar-refractivity contribution in [3.8, 4) is 0 Å². The molecule has 0 spiro atoms. The molecule has 3 aromatic rings. The first kappa shape index (κ1) is 17.8. The third-order valence-electron chi connectivity index (χ3n) is 3.71. The van der Waals surface area contributed by atoms with Crippen LogP contribution in [0.4, 0.5) is 11.8 Å². The van der Waals surface area contributed by atoms with Gasteiger partial charge < -0.3 is 9.80 Å². The largest absolute Gasteiger partial charge is 0.353 e. The van der Waals surface area contributed by atoms with Gasteiger partial charge in [-0.1, -0.05) is 0 Å². The van der Waals surface area contributed by atoms with Gasteiger partial charge in [-0.05, 0) is 20.8 Å². The molecule has 0 radical (unpaired) electrons. The molecule has 0 amide bonds. The Labute approximate surface area is 156 Å². The van der Waals surface area contributed by atoms with E-state index in [1.54, 1.807) is 22.7 Å². The van der Waals surface area contributed by atoms with Crippen LogP contribution in [0.5, 0.6) is 0 Å². The SMILES string of the molecule is Cc1csc(CN(C)c2ncc(C)c(N(C)Cc3nc(C)cs3)n2)n1. The summed E-state index contributed by atoms with van der Waals surface area (Å²) in [5.41, 5.74) is 3.17. The lowest BCUT2D eigenvalue weighted by Gasteiger charge is -2.22.